The van der Waals surface area contributed by atoms with E-state index in [0.29, 0.717) is 5.69 Å². The molecule has 40 heavy (non-hydrogen) atoms. The van der Waals surface area contributed by atoms with Crippen molar-refractivity contribution < 1.29 is 19.5 Å². The van der Waals surface area contributed by atoms with E-state index < -0.39 is 30.0 Å². The zero-order valence-corrected chi connectivity index (χ0v) is 24.2. The van der Waals surface area contributed by atoms with Crippen LogP contribution < -0.4 is 16.0 Å². The number of benzene rings is 3. The van der Waals surface area contributed by atoms with Gasteiger partial charge in [0.05, 0.1) is 0 Å². The van der Waals surface area contributed by atoms with E-state index in [1.54, 1.807) is 0 Å². The van der Waals surface area contributed by atoms with Crippen molar-refractivity contribution in [3.8, 4) is 0 Å². The summed E-state index contributed by atoms with van der Waals surface area (Å²) in [5.41, 5.74) is 4.15. The summed E-state index contributed by atoms with van der Waals surface area (Å²) >= 11 is 0. The number of hydrogen-bond acceptors (Lipinski definition) is 3. The number of carbonyl (C=O) groups is 3. The topological polar surface area (TPSA) is 108 Å². The number of hydrogen-bond donors (Lipinski definition) is 4. The lowest BCUT2D eigenvalue weighted by molar-refractivity contribution is -0.142. The maximum Gasteiger partial charge on any atom is 0.326 e. The number of urea groups is 1. The van der Waals surface area contributed by atoms with Gasteiger partial charge in [-0.15, -0.1) is 0 Å². The second-order valence-corrected chi connectivity index (χ2v) is 12.2. The van der Waals surface area contributed by atoms with E-state index in [4.69, 9.17) is 0 Å². The lowest BCUT2D eigenvalue weighted by Crippen LogP contribution is -2.53. The normalized spacial score (nSPS) is 13.2. The molecule has 0 unspecified atom stereocenters. The SMILES string of the molecule is CC(C)(C)c1cc(NC(=O)N[C@@H](Cc2ccccc2)C(=O)N[C@@H](Cc2ccccc2)C(=O)O)cc(C(C)(C)C)c1. The summed E-state index contributed by atoms with van der Waals surface area (Å²) in [6.07, 6.45) is 0.328. The fourth-order valence-electron chi connectivity index (χ4n) is 4.27. The summed E-state index contributed by atoms with van der Waals surface area (Å²) in [5.74, 6) is -1.71. The second kappa shape index (κ2) is 12.8. The van der Waals surface area contributed by atoms with Crippen LogP contribution >= 0.6 is 0 Å². The molecule has 0 bridgehead atoms. The number of carbonyl (C=O) groups excluding carboxylic acids is 2. The molecule has 7 heteroatoms. The van der Waals surface area contributed by atoms with Gasteiger partial charge in [-0.3, -0.25) is 4.79 Å². The highest BCUT2D eigenvalue weighted by Crippen LogP contribution is 2.32. The summed E-state index contributed by atoms with van der Waals surface area (Å²) in [5, 5.41) is 18.1. The molecule has 3 amide bonds. The first-order valence-electron chi connectivity index (χ1n) is 13.6. The van der Waals surface area contributed by atoms with Gasteiger partial charge >= 0.3 is 12.0 Å². The number of carboxylic acid groups (broad SMARTS) is 1. The van der Waals surface area contributed by atoms with Gasteiger partial charge in [-0.2, -0.15) is 0 Å². The molecule has 0 saturated carbocycles. The molecule has 4 N–H and O–H groups in total. The molecule has 3 aromatic rings. The Hall–Kier alpha value is -4.13. The molecule has 0 heterocycles. The highest BCUT2D eigenvalue weighted by Gasteiger charge is 2.28. The zero-order chi connectivity index (χ0) is 29.5. The van der Waals surface area contributed by atoms with Crippen molar-refractivity contribution in [1.29, 1.82) is 0 Å². The lowest BCUT2D eigenvalue weighted by Gasteiger charge is -2.26. The maximum absolute atomic E-state index is 13.4. The maximum atomic E-state index is 13.4. The molecule has 3 rings (SSSR count). The molecule has 3 aromatic carbocycles. The monoisotopic (exact) mass is 543 g/mol. The summed E-state index contributed by atoms with van der Waals surface area (Å²) in [6, 6.07) is 21.8. The fraction of sp³-hybridized carbons (Fsp3) is 0.364. The molecule has 0 aliphatic heterocycles. The van der Waals surface area contributed by atoms with Crippen molar-refractivity contribution >= 4 is 23.6 Å². The molecule has 2 atom stereocenters. The van der Waals surface area contributed by atoms with Crippen LogP contribution in [0, 0.1) is 0 Å². The molecule has 0 fully saturated rings. The number of aliphatic carboxylic acids is 1. The molecule has 0 aliphatic rings. The van der Waals surface area contributed by atoms with Gasteiger partial charge in [0.2, 0.25) is 5.91 Å². The molecule has 0 spiro atoms. The first-order chi connectivity index (χ1) is 18.7. The summed E-state index contributed by atoms with van der Waals surface area (Å²) < 4.78 is 0. The Labute approximate surface area is 237 Å². The van der Waals surface area contributed by atoms with E-state index >= 15 is 0 Å². The minimum Gasteiger partial charge on any atom is -0.480 e. The lowest BCUT2D eigenvalue weighted by atomic mass is 9.80. The average molecular weight is 544 g/mol. The highest BCUT2D eigenvalue weighted by atomic mass is 16.4. The van der Waals surface area contributed by atoms with Crippen molar-refractivity contribution in [3.05, 3.63) is 101 Å². The van der Waals surface area contributed by atoms with Crippen molar-refractivity contribution in [1.82, 2.24) is 10.6 Å². The molecule has 0 radical (unpaired) electrons. The van der Waals surface area contributed by atoms with E-state index in [1.807, 2.05) is 72.8 Å². The van der Waals surface area contributed by atoms with Crippen molar-refractivity contribution in [2.24, 2.45) is 0 Å². The standard InChI is InChI=1S/C33H41N3O4/c1-32(2,3)24-19-25(33(4,5)6)21-26(20-24)34-31(40)36-27(17-22-13-9-7-10-14-22)29(37)35-28(30(38)39)18-23-15-11-8-12-16-23/h7-16,19-21,27-28H,17-18H2,1-6H3,(H,35,37)(H,38,39)(H2,34,36,40)/t27-,28-/m0/s1. The van der Waals surface area contributed by atoms with E-state index in [2.05, 4.69) is 63.6 Å². The Bertz CT molecular complexity index is 1280. The molecule has 7 nitrogen and oxygen atoms in total. The van der Waals surface area contributed by atoms with E-state index in [0.717, 1.165) is 22.3 Å². The van der Waals surface area contributed by atoms with E-state index in [1.165, 1.54) is 0 Å². The zero-order valence-electron chi connectivity index (χ0n) is 24.2. The Morgan fingerprint density at radius 3 is 1.55 bits per heavy atom. The predicted molar refractivity (Wildman–Crippen MR) is 160 cm³/mol. The quantitative estimate of drug-likeness (QED) is 0.272. The van der Waals surface area contributed by atoms with Crippen molar-refractivity contribution in [2.75, 3.05) is 5.32 Å². The predicted octanol–water partition coefficient (Wildman–Crippen LogP) is 5.83. The number of amides is 3. The van der Waals surface area contributed by atoms with Gasteiger partial charge in [0.25, 0.3) is 0 Å². The third kappa shape index (κ3) is 8.97. The first-order valence-corrected chi connectivity index (χ1v) is 13.6. The third-order valence-electron chi connectivity index (χ3n) is 6.72. The van der Waals surface area contributed by atoms with Gasteiger partial charge in [0, 0.05) is 18.5 Å². The number of nitrogens with one attached hydrogen (secondary N) is 3. The molecular weight excluding hydrogens is 502 g/mol. The first kappa shape index (κ1) is 30.4. The Morgan fingerprint density at radius 1 is 0.675 bits per heavy atom. The van der Waals surface area contributed by atoms with Gasteiger partial charge < -0.3 is 21.1 Å². The molecule has 0 aromatic heterocycles. The van der Waals surface area contributed by atoms with E-state index in [-0.39, 0.29) is 23.7 Å². The van der Waals surface area contributed by atoms with Crippen LogP contribution in [0.1, 0.15) is 63.8 Å². The number of rotatable bonds is 9. The Kier molecular flexibility index (Phi) is 9.74. The molecule has 0 aliphatic carbocycles. The van der Waals surface area contributed by atoms with Gasteiger partial charge in [-0.25, -0.2) is 9.59 Å². The van der Waals surface area contributed by atoms with E-state index in [9.17, 15) is 19.5 Å². The third-order valence-corrected chi connectivity index (χ3v) is 6.72. The van der Waals surface area contributed by atoms with Crippen LogP contribution in [0.25, 0.3) is 0 Å². The minimum absolute atomic E-state index is 0.126. The van der Waals surface area contributed by atoms with Crippen LogP contribution in [0.3, 0.4) is 0 Å². The number of anilines is 1. The van der Waals surface area contributed by atoms with Crippen molar-refractivity contribution in [3.63, 3.8) is 0 Å². The van der Waals surface area contributed by atoms with Gasteiger partial charge in [-0.1, -0.05) is 108 Å². The molecular formula is C33H41N3O4. The van der Waals surface area contributed by atoms with Crippen LogP contribution in [0.4, 0.5) is 10.5 Å². The smallest absolute Gasteiger partial charge is 0.326 e. The molecule has 0 saturated heterocycles. The van der Waals surface area contributed by atoms with Crippen LogP contribution in [0.5, 0.6) is 0 Å². The summed E-state index contributed by atoms with van der Waals surface area (Å²) in [6.45, 7) is 12.7. The average Bonchev–Trinajstić information content (AvgIpc) is 2.87. The van der Waals surface area contributed by atoms with Crippen LogP contribution in [-0.2, 0) is 33.3 Å². The van der Waals surface area contributed by atoms with Gasteiger partial charge in [0.15, 0.2) is 0 Å². The van der Waals surface area contributed by atoms with Crippen LogP contribution in [0.2, 0.25) is 0 Å². The minimum atomic E-state index is -1.14. The summed E-state index contributed by atoms with van der Waals surface area (Å²) in [4.78, 5) is 38.6. The number of carboxylic acids is 1. The highest BCUT2D eigenvalue weighted by molar-refractivity contribution is 5.95. The molecule has 212 valence electrons. The van der Waals surface area contributed by atoms with Crippen molar-refractivity contribution in [2.45, 2.75) is 77.3 Å². The Morgan fingerprint density at radius 2 is 1.12 bits per heavy atom. The van der Waals surface area contributed by atoms with Gasteiger partial charge in [-0.05, 0) is 45.2 Å². The fourth-order valence-corrected chi connectivity index (χ4v) is 4.27. The van der Waals surface area contributed by atoms with Crippen LogP contribution in [-0.4, -0.2) is 35.1 Å². The Balaban J connectivity index is 1.83. The largest absolute Gasteiger partial charge is 0.480 e. The second-order valence-electron chi connectivity index (χ2n) is 12.2. The van der Waals surface area contributed by atoms with Gasteiger partial charge in [0.1, 0.15) is 12.1 Å². The summed E-state index contributed by atoms with van der Waals surface area (Å²) in [7, 11) is 0. The van der Waals surface area contributed by atoms with Crippen LogP contribution in [0.15, 0.2) is 78.9 Å².